The lowest BCUT2D eigenvalue weighted by Crippen LogP contribution is -2.31. The van der Waals surface area contributed by atoms with Crippen LogP contribution in [0.15, 0.2) is 48.5 Å². The molecule has 0 radical (unpaired) electrons. The van der Waals surface area contributed by atoms with Gasteiger partial charge in [0.2, 0.25) is 0 Å². The SMILES string of the molecule is Cc1ccccc1C(=O)N[C@H]1CCCc2ccccc21. The van der Waals surface area contributed by atoms with Gasteiger partial charge < -0.3 is 5.32 Å². The lowest BCUT2D eigenvalue weighted by molar-refractivity contribution is 0.0932. The first kappa shape index (κ1) is 12.9. The Balaban J connectivity index is 1.83. The molecule has 1 N–H and O–H groups in total. The van der Waals surface area contributed by atoms with Crippen molar-refractivity contribution in [3.63, 3.8) is 0 Å². The van der Waals surface area contributed by atoms with Crippen molar-refractivity contribution in [3.05, 3.63) is 70.8 Å². The Kier molecular flexibility index (Phi) is 3.55. The van der Waals surface area contributed by atoms with Gasteiger partial charge in [-0.25, -0.2) is 0 Å². The Morgan fingerprint density at radius 1 is 1.10 bits per heavy atom. The van der Waals surface area contributed by atoms with Crippen LogP contribution in [0.4, 0.5) is 0 Å². The monoisotopic (exact) mass is 265 g/mol. The molecule has 2 aromatic carbocycles. The quantitative estimate of drug-likeness (QED) is 0.879. The molecule has 0 spiro atoms. The standard InChI is InChI=1S/C18H19NO/c1-13-7-2-4-10-15(13)18(20)19-17-12-6-9-14-8-3-5-11-16(14)17/h2-5,7-8,10-11,17H,6,9,12H2,1H3,(H,19,20)/t17-/m0/s1. The van der Waals surface area contributed by atoms with Crippen LogP contribution in [-0.4, -0.2) is 5.91 Å². The van der Waals surface area contributed by atoms with Gasteiger partial charge in [0.05, 0.1) is 6.04 Å². The molecular weight excluding hydrogens is 246 g/mol. The number of fused-ring (bicyclic) bond motifs is 1. The minimum atomic E-state index is 0.0322. The number of amides is 1. The molecule has 1 amide bonds. The first-order valence-corrected chi connectivity index (χ1v) is 7.20. The minimum absolute atomic E-state index is 0.0322. The number of carbonyl (C=O) groups excluding carboxylic acids is 1. The summed E-state index contributed by atoms with van der Waals surface area (Å²) < 4.78 is 0. The van der Waals surface area contributed by atoms with Crippen LogP contribution in [0.2, 0.25) is 0 Å². The third kappa shape index (κ3) is 2.46. The molecule has 0 saturated heterocycles. The molecule has 0 fully saturated rings. The van der Waals surface area contributed by atoms with Crippen molar-refractivity contribution in [2.45, 2.75) is 32.2 Å². The highest BCUT2D eigenvalue weighted by atomic mass is 16.1. The molecule has 1 aliphatic rings. The van der Waals surface area contributed by atoms with Crippen LogP contribution < -0.4 is 5.32 Å². The van der Waals surface area contributed by atoms with Crippen LogP contribution in [0.3, 0.4) is 0 Å². The average Bonchev–Trinajstić information content (AvgIpc) is 2.48. The summed E-state index contributed by atoms with van der Waals surface area (Å²) in [5, 5.41) is 3.19. The summed E-state index contributed by atoms with van der Waals surface area (Å²) in [6, 6.07) is 16.3. The summed E-state index contributed by atoms with van der Waals surface area (Å²) in [5.74, 6) is 0.0322. The van der Waals surface area contributed by atoms with Crippen molar-refractivity contribution in [2.75, 3.05) is 0 Å². The number of carbonyl (C=O) groups is 1. The zero-order chi connectivity index (χ0) is 13.9. The molecule has 1 atom stereocenters. The Hall–Kier alpha value is -2.09. The maximum absolute atomic E-state index is 12.4. The van der Waals surface area contributed by atoms with Crippen molar-refractivity contribution in [3.8, 4) is 0 Å². The summed E-state index contributed by atoms with van der Waals surface area (Å²) in [6.45, 7) is 1.98. The minimum Gasteiger partial charge on any atom is -0.345 e. The van der Waals surface area contributed by atoms with Gasteiger partial charge in [-0.05, 0) is 48.9 Å². The highest BCUT2D eigenvalue weighted by molar-refractivity contribution is 5.95. The van der Waals surface area contributed by atoms with E-state index in [-0.39, 0.29) is 11.9 Å². The molecular formula is C18H19NO. The van der Waals surface area contributed by atoms with Gasteiger partial charge in [-0.2, -0.15) is 0 Å². The first-order chi connectivity index (χ1) is 9.75. The van der Waals surface area contributed by atoms with Crippen LogP contribution in [0.25, 0.3) is 0 Å². The van der Waals surface area contributed by atoms with E-state index in [9.17, 15) is 4.79 Å². The first-order valence-electron chi connectivity index (χ1n) is 7.20. The molecule has 2 aromatic rings. The molecule has 3 rings (SSSR count). The fourth-order valence-electron chi connectivity index (χ4n) is 2.97. The van der Waals surface area contributed by atoms with Crippen LogP contribution >= 0.6 is 0 Å². The van der Waals surface area contributed by atoms with E-state index in [4.69, 9.17) is 0 Å². The summed E-state index contributed by atoms with van der Waals surface area (Å²) in [5.41, 5.74) is 4.44. The molecule has 0 heterocycles. The van der Waals surface area contributed by atoms with E-state index in [0.717, 1.165) is 30.4 Å². The van der Waals surface area contributed by atoms with Crippen molar-refractivity contribution in [1.82, 2.24) is 5.32 Å². The molecule has 0 aromatic heterocycles. The third-order valence-electron chi connectivity index (χ3n) is 4.06. The van der Waals surface area contributed by atoms with Crippen molar-refractivity contribution >= 4 is 5.91 Å². The molecule has 2 heteroatoms. The number of nitrogens with one attached hydrogen (secondary N) is 1. The molecule has 0 unspecified atom stereocenters. The maximum Gasteiger partial charge on any atom is 0.252 e. The molecule has 0 bridgehead atoms. The zero-order valence-corrected chi connectivity index (χ0v) is 11.7. The van der Waals surface area contributed by atoms with Crippen molar-refractivity contribution in [1.29, 1.82) is 0 Å². The molecule has 102 valence electrons. The van der Waals surface area contributed by atoms with E-state index < -0.39 is 0 Å². The van der Waals surface area contributed by atoms with E-state index in [1.165, 1.54) is 11.1 Å². The predicted octanol–water partition coefficient (Wildman–Crippen LogP) is 3.80. The van der Waals surface area contributed by atoms with Crippen LogP contribution in [0.1, 0.15) is 45.9 Å². The summed E-state index contributed by atoms with van der Waals surface area (Å²) in [4.78, 5) is 12.4. The van der Waals surface area contributed by atoms with Gasteiger partial charge in [0.25, 0.3) is 5.91 Å². The normalized spacial score (nSPS) is 17.4. The Bertz CT molecular complexity index is 633. The van der Waals surface area contributed by atoms with Gasteiger partial charge in [-0.15, -0.1) is 0 Å². The van der Waals surface area contributed by atoms with Crippen LogP contribution in [-0.2, 0) is 6.42 Å². The van der Waals surface area contributed by atoms with Gasteiger partial charge in [-0.3, -0.25) is 4.79 Å². The van der Waals surface area contributed by atoms with E-state index >= 15 is 0 Å². The largest absolute Gasteiger partial charge is 0.345 e. The fourth-order valence-corrected chi connectivity index (χ4v) is 2.97. The second-order valence-electron chi connectivity index (χ2n) is 5.43. The molecule has 0 aliphatic heterocycles. The summed E-state index contributed by atoms with van der Waals surface area (Å²) >= 11 is 0. The lowest BCUT2D eigenvalue weighted by Gasteiger charge is -2.26. The Labute approximate surface area is 119 Å². The molecule has 0 saturated carbocycles. The fraction of sp³-hybridized carbons (Fsp3) is 0.278. The van der Waals surface area contributed by atoms with Gasteiger partial charge in [-0.1, -0.05) is 42.5 Å². The van der Waals surface area contributed by atoms with Gasteiger partial charge in [0.1, 0.15) is 0 Å². The number of aryl methyl sites for hydroxylation is 2. The zero-order valence-electron chi connectivity index (χ0n) is 11.7. The lowest BCUT2D eigenvalue weighted by atomic mass is 9.87. The van der Waals surface area contributed by atoms with Gasteiger partial charge >= 0.3 is 0 Å². The highest BCUT2D eigenvalue weighted by Crippen LogP contribution is 2.29. The van der Waals surface area contributed by atoms with E-state index in [1.807, 2.05) is 31.2 Å². The van der Waals surface area contributed by atoms with Gasteiger partial charge in [0.15, 0.2) is 0 Å². The topological polar surface area (TPSA) is 29.1 Å². The van der Waals surface area contributed by atoms with Crippen LogP contribution in [0.5, 0.6) is 0 Å². The molecule has 2 nitrogen and oxygen atoms in total. The number of rotatable bonds is 2. The number of hydrogen-bond acceptors (Lipinski definition) is 1. The summed E-state index contributed by atoms with van der Waals surface area (Å²) in [6.07, 6.45) is 3.28. The second-order valence-corrected chi connectivity index (χ2v) is 5.43. The second kappa shape index (κ2) is 5.49. The Morgan fingerprint density at radius 2 is 1.85 bits per heavy atom. The third-order valence-corrected chi connectivity index (χ3v) is 4.06. The van der Waals surface area contributed by atoms with Crippen LogP contribution in [0, 0.1) is 6.92 Å². The summed E-state index contributed by atoms with van der Waals surface area (Å²) in [7, 11) is 0. The van der Waals surface area contributed by atoms with E-state index in [0.29, 0.717) is 0 Å². The van der Waals surface area contributed by atoms with Crippen molar-refractivity contribution in [2.24, 2.45) is 0 Å². The Morgan fingerprint density at radius 3 is 2.70 bits per heavy atom. The molecule has 1 aliphatic carbocycles. The number of benzene rings is 2. The van der Waals surface area contributed by atoms with Crippen molar-refractivity contribution < 1.29 is 4.79 Å². The predicted molar refractivity (Wildman–Crippen MR) is 80.8 cm³/mol. The van der Waals surface area contributed by atoms with E-state index in [2.05, 4.69) is 29.6 Å². The smallest absolute Gasteiger partial charge is 0.252 e. The maximum atomic E-state index is 12.4. The average molecular weight is 265 g/mol. The molecule has 20 heavy (non-hydrogen) atoms. The number of hydrogen-bond donors (Lipinski definition) is 1. The van der Waals surface area contributed by atoms with Gasteiger partial charge in [0, 0.05) is 5.56 Å². The van der Waals surface area contributed by atoms with E-state index in [1.54, 1.807) is 0 Å². The highest BCUT2D eigenvalue weighted by Gasteiger charge is 2.22.